The van der Waals surface area contributed by atoms with Gasteiger partial charge in [0.05, 0.1) is 4.91 Å². The van der Waals surface area contributed by atoms with Gasteiger partial charge in [-0.25, -0.2) is 0 Å². The lowest BCUT2D eigenvalue weighted by molar-refractivity contribution is 1.42. The molecule has 3 rings (SSSR count). The molecule has 0 radical (unpaired) electrons. The lowest BCUT2D eigenvalue weighted by Crippen LogP contribution is -1.89. The van der Waals surface area contributed by atoms with Crippen molar-refractivity contribution in [2.24, 2.45) is 0 Å². The molecule has 0 atom stereocenters. The van der Waals surface area contributed by atoms with E-state index in [0.717, 1.165) is 38.9 Å². The van der Waals surface area contributed by atoms with Crippen molar-refractivity contribution in [1.29, 1.82) is 5.26 Å². The topological polar surface area (TPSA) is 23.8 Å². The molecule has 0 amide bonds. The number of nitriles is 1. The Morgan fingerprint density at radius 2 is 1.27 bits per heavy atom. The molecule has 3 aromatic rings. The number of nitrogens with zero attached hydrogens (tertiary/aromatic N) is 1. The fourth-order valence-corrected chi connectivity index (χ4v) is 3.32. The largest absolute Gasteiger partial charge is 0.185 e. The van der Waals surface area contributed by atoms with Gasteiger partial charge >= 0.3 is 0 Å². The van der Waals surface area contributed by atoms with E-state index in [9.17, 15) is 5.26 Å². The predicted octanol–water partition coefficient (Wildman–Crippen LogP) is 6.59. The van der Waals surface area contributed by atoms with Crippen molar-refractivity contribution in [2.45, 2.75) is 13.8 Å². The van der Waals surface area contributed by atoms with Crippen LogP contribution in [0.5, 0.6) is 0 Å². The molecule has 26 heavy (non-hydrogen) atoms. The first-order valence-corrected chi connectivity index (χ1v) is 9.25. The summed E-state index contributed by atoms with van der Waals surface area (Å²) in [5.41, 5.74) is 10.1. The van der Waals surface area contributed by atoms with Gasteiger partial charge < -0.3 is 0 Å². The Morgan fingerprint density at radius 1 is 0.731 bits per heavy atom. The standard InChI is InChI=1S/C24H19NS/c1-18-8-6-12-21(14-18)23(22-13-7-9-19(2)15-22)16-24(26-17-25)20-10-4-3-5-11-20/h3-15H,1-2H3. The molecule has 0 saturated heterocycles. The van der Waals surface area contributed by atoms with E-state index in [2.05, 4.69) is 73.5 Å². The highest BCUT2D eigenvalue weighted by atomic mass is 32.2. The number of thiocyanates is 1. The highest BCUT2D eigenvalue weighted by molar-refractivity contribution is 8.12. The van der Waals surface area contributed by atoms with E-state index >= 15 is 0 Å². The molecule has 1 nitrogen and oxygen atoms in total. The quantitative estimate of drug-likeness (QED) is 0.390. The molecule has 0 fully saturated rings. The molecule has 0 unspecified atom stereocenters. The zero-order valence-corrected chi connectivity index (χ0v) is 15.7. The van der Waals surface area contributed by atoms with Gasteiger partial charge in [-0.15, -0.1) is 0 Å². The molecule has 3 aromatic carbocycles. The number of hydrogen-bond acceptors (Lipinski definition) is 2. The molecule has 2 heteroatoms. The van der Waals surface area contributed by atoms with Gasteiger partial charge in [0.15, 0.2) is 0 Å². The van der Waals surface area contributed by atoms with Gasteiger partial charge in [-0.1, -0.05) is 95.7 Å². The molecule has 0 heterocycles. The van der Waals surface area contributed by atoms with E-state index in [4.69, 9.17) is 0 Å². The summed E-state index contributed by atoms with van der Waals surface area (Å²) >= 11 is 1.15. The maximum absolute atomic E-state index is 9.28. The van der Waals surface area contributed by atoms with Crippen LogP contribution in [-0.4, -0.2) is 0 Å². The maximum atomic E-state index is 9.28. The van der Waals surface area contributed by atoms with E-state index in [1.165, 1.54) is 11.1 Å². The lowest BCUT2D eigenvalue weighted by atomic mass is 9.96. The summed E-state index contributed by atoms with van der Waals surface area (Å²) in [4.78, 5) is 0.825. The van der Waals surface area contributed by atoms with E-state index < -0.39 is 0 Å². The minimum atomic E-state index is 0.825. The third kappa shape index (κ3) is 4.35. The molecular weight excluding hydrogens is 334 g/mol. The SMILES string of the molecule is Cc1cccc(C(=C=C(SC#N)c2ccccc2)c2cccc(C)c2)c1. The number of thioether (sulfide) groups is 1. The van der Waals surface area contributed by atoms with Gasteiger partial charge in [0.1, 0.15) is 5.40 Å². The second-order valence-corrected chi connectivity index (χ2v) is 6.92. The van der Waals surface area contributed by atoms with Crippen LogP contribution < -0.4 is 0 Å². The van der Waals surface area contributed by atoms with Crippen LogP contribution in [0.15, 0.2) is 84.6 Å². The number of hydrogen-bond donors (Lipinski definition) is 0. The predicted molar refractivity (Wildman–Crippen MR) is 111 cm³/mol. The van der Waals surface area contributed by atoms with Crippen LogP contribution in [0.2, 0.25) is 0 Å². The second kappa shape index (κ2) is 8.41. The van der Waals surface area contributed by atoms with Crippen molar-refractivity contribution in [1.82, 2.24) is 0 Å². The molecule has 0 spiro atoms. The van der Waals surface area contributed by atoms with E-state index in [-0.39, 0.29) is 0 Å². The van der Waals surface area contributed by atoms with E-state index in [0.29, 0.717) is 0 Å². The molecule has 0 bridgehead atoms. The Balaban J connectivity index is 2.31. The monoisotopic (exact) mass is 353 g/mol. The summed E-state index contributed by atoms with van der Waals surface area (Å²) in [7, 11) is 0. The third-order valence-electron chi connectivity index (χ3n) is 4.04. The highest BCUT2D eigenvalue weighted by Crippen LogP contribution is 2.30. The molecule has 0 aliphatic heterocycles. The van der Waals surface area contributed by atoms with Crippen molar-refractivity contribution in [3.8, 4) is 5.40 Å². The molecule has 0 aliphatic carbocycles. The average molecular weight is 353 g/mol. The minimum absolute atomic E-state index is 0.825. The van der Waals surface area contributed by atoms with Crippen molar-refractivity contribution in [3.05, 3.63) is 112 Å². The van der Waals surface area contributed by atoms with Gasteiger partial charge in [-0.2, -0.15) is 5.26 Å². The van der Waals surface area contributed by atoms with Crippen LogP contribution in [0.3, 0.4) is 0 Å². The average Bonchev–Trinajstić information content (AvgIpc) is 2.66. The number of benzene rings is 3. The Morgan fingerprint density at radius 3 is 1.77 bits per heavy atom. The van der Waals surface area contributed by atoms with Crippen molar-refractivity contribution < 1.29 is 0 Å². The van der Waals surface area contributed by atoms with Gasteiger partial charge in [-0.3, -0.25) is 0 Å². The van der Waals surface area contributed by atoms with Crippen molar-refractivity contribution >= 4 is 22.2 Å². The normalized spacial score (nSPS) is 9.88. The molecule has 0 aromatic heterocycles. The maximum Gasteiger partial charge on any atom is 0.139 e. The van der Waals surface area contributed by atoms with Crippen LogP contribution in [0.1, 0.15) is 27.8 Å². The summed E-state index contributed by atoms with van der Waals surface area (Å²) in [6.07, 6.45) is 0. The van der Waals surface area contributed by atoms with Crippen molar-refractivity contribution in [2.75, 3.05) is 0 Å². The Kier molecular flexibility index (Phi) is 5.77. The number of aryl methyl sites for hydroxylation is 2. The zero-order chi connectivity index (χ0) is 18.4. The van der Waals surface area contributed by atoms with E-state index in [1.807, 2.05) is 30.3 Å². The van der Waals surface area contributed by atoms with E-state index in [1.54, 1.807) is 0 Å². The summed E-state index contributed by atoms with van der Waals surface area (Å²) in [6.45, 7) is 4.17. The smallest absolute Gasteiger partial charge is 0.139 e. The summed E-state index contributed by atoms with van der Waals surface area (Å²) < 4.78 is 0. The van der Waals surface area contributed by atoms with Gasteiger partial charge in [-0.05, 0) is 42.3 Å². The Labute approximate surface area is 159 Å². The summed E-state index contributed by atoms with van der Waals surface area (Å²) in [6, 6.07) is 26.7. The minimum Gasteiger partial charge on any atom is -0.185 e. The fraction of sp³-hybridized carbons (Fsp3) is 0.0833. The van der Waals surface area contributed by atoms with Crippen LogP contribution in [-0.2, 0) is 0 Å². The van der Waals surface area contributed by atoms with Gasteiger partial charge in [0.2, 0.25) is 0 Å². The van der Waals surface area contributed by atoms with Crippen LogP contribution in [0, 0.1) is 24.5 Å². The zero-order valence-electron chi connectivity index (χ0n) is 14.9. The molecule has 126 valence electrons. The Hall–Kier alpha value is -2.98. The Bertz CT molecular complexity index is 972. The molecule has 0 saturated carbocycles. The van der Waals surface area contributed by atoms with Crippen molar-refractivity contribution in [3.63, 3.8) is 0 Å². The summed E-state index contributed by atoms with van der Waals surface area (Å²) in [5.74, 6) is 0. The lowest BCUT2D eigenvalue weighted by Gasteiger charge is -2.09. The first kappa shape index (κ1) is 17.8. The molecule has 0 aliphatic rings. The highest BCUT2D eigenvalue weighted by Gasteiger charge is 2.08. The third-order valence-corrected chi connectivity index (χ3v) is 4.67. The number of rotatable bonds is 4. The summed E-state index contributed by atoms with van der Waals surface area (Å²) in [5, 5.41) is 11.5. The van der Waals surface area contributed by atoms with Crippen LogP contribution >= 0.6 is 11.8 Å². The second-order valence-electron chi connectivity index (χ2n) is 6.13. The first-order chi connectivity index (χ1) is 12.7. The van der Waals surface area contributed by atoms with Crippen LogP contribution in [0.4, 0.5) is 0 Å². The molecule has 0 N–H and O–H groups in total. The fourth-order valence-electron chi connectivity index (χ4n) is 2.82. The van der Waals surface area contributed by atoms with Gasteiger partial charge in [0, 0.05) is 5.57 Å². The van der Waals surface area contributed by atoms with Gasteiger partial charge in [0.25, 0.3) is 0 Å². The first-order valence-electron chi connectivity index (χ1n) is 8.44. The molecular formula is C24H19NS. The van der Waals surface area contributed by atoms with Crippen LogP contribution in [0.25, 0.3) is 10.5 Å².